The Hall–Kier alpha value is -1.94. The normalized spacial score (nSPS) is 14.7. The van der Waals surface area contributed by atoms with Crippen LogP contribution < -0.4 is 11.3 Å². The van der Waals surface area contributed by atoms with Crippen LogP contribution in [0.4, 0.5) is 13.2 Å². The number of nitrogens with one attached hydrogen (secondary N) is 1. The second-order valence-corrected chi connectivity index (χ2v) is 4.22. The molecule has 0 saturated heterocycles. The number of halogens is 3. The maximum absolute atomic E-state index is 13.0. The second-order valence-electron chi connectivity index (χ2n) is 4.22. The topological polar surface area (TPSA) is 118 Å². The number of hydrogen-bond donors (Lipinski definition) is 3. The first-order valence-electron chi connectivity index (χ1n) is 5.91. The van der Waals surface area contributed by atoms with Crippen LogP contribution in [0.15, 0.2) is 11.0 Å². The smallest absolute Gasteiger partial charge is 0.422 e. The van der Waals surface area contributed by atoms with Crippen LogP contribution in [0.25, 0.3) is 0 Å². The molecule has 1 aromatic rings. The summed E-state index contributed by atoms with van der Waals surface area (Å²) in [5, 5.41) is 13.5. The van der Waals surface area contributed by atoms with Gasteiger partial charge in [0.15, 0.2) is 0 Å². The van der Waals surface area contributed by atoms with Crippen molar-refractivity contribution in [2.75, 3.05) is 6.61 Å². The number of rotatable bonds is 6. The van der Waals surface area contributed by atoms with Gasteiger partial charge in [0.1, 0.15) is 11.3 Å². The maximum atomic E-state index is 13.0. The van der Waals surface area contributed by atoms with Crippen molar-refractivity contribution < 1.29 is 27.8 Å². The number of ether oxygens (including phenoxy) is 1. The molecule has 1 heterocycles. The summed E-state index contributed by atoms with van der Waals surface area (Å²) in [5.74, 6) is -1.19. The summed E-state index contributed by atoms with van der Waals surface area (Å²) >= 11 is 0. The fourth-order valence-electron chi connectivity index (χ4n) is 1.69. The summed E-state index contributed by atoms with van der Waals surface area (Å²) in [5.41, 5.74) is 0.231. The lowest BCUT2D eigenvalue weighted by Gasteiger charge is -2.30. The third-order valence-corrected chi connectivity index (χ3v) is 2.80. The molecule has 1 atom stereocenters. The first-order chi connectivity index (χ1) is 9.62. The van der Waals surface area contributed by atoms with Crippen LogP contribution >= 0.6 is 0 Å². The molecule has 118 valence electrons. The highest BCUT2D eigenvalue weighted by molar-refractivity contribution is 5.66. The zero-order valence-electron chi connectivity index (χ0n) is 11.0. The molecule has 0 aliphatic rings. The van der Waals surface area contributed by atoms with Crippen molar-refractivity contribution in [3.63, 3.8) is 0 Å². The van der Waals surface area contributed by atoms with Gasteiger partial charge in [-0.15, -0.1) is 0 Å². The van der Waals surface area contributed by atoms with Gasteiger partial charge in [-0.2, -0.15) is 18.3 Å². The van der Waals surface area contributed by atoms with E-state index < -0.39 is 47.6 Å². The van der Waals surface area contributed by atoms with Gasteiger partial charge in [-0.05, 0) is 6.42 Å². The number of nitrogens with zero attached hydrogens (tertiary/aromatic N) is 1. The van der Waals surface area contributed by atoms with Gasteiger partial charge in [0.2, 0.25) is 0 Å². The Bertz CT molecular complexity index is 573. The number of hydrogen-bond acceptors (Lipinski definition) is 5. The summed E-state index contributed by atoms with van der Waals surface area (Å²) in [6.45, 7) is 1.05. The van der Waals surface area contributed by atoms with Crippen LogP contribution in [0, 0.1) is 0 Å². The molecule has 4 N–H and O–H groups in total. The lowest BCUT2D eigenvalue weighted by Crippen LogP contribution is -2.43. The van der Waals surface area contributed by atoms with E-state index in [9.17, 15) is 22.8 Å². The third kappa shape index (κ3) is 4.02. The SMILES string of the molecule is CCC(N)(OCCC(=O)O)c1cn[nH]c(=O)c1C(F)(F)F. The molecule has 0 aliphatic heterocycles. The minimum atomic E-state index is -4.94. The van der Waals surface area contributed by atoms with Crippen LogP contribution in [-0.4, -0.2) is 27.9 Å². The number of carboxylic acid groups (broad SMARTS) is 1. The zero-order chi connectivity index (χ0) is 16.3. The van der Waals surface area contributed by atoms with E-state index in [1.54, 1.807) is 5.10 Å². The van der Waals surface area contributed by atoms with Gasteiger partial charge in [-0.3, -0.25) is 15.3 Å². The van der Waals surface area contributed by atoms with Gasteiger partial charge < -0.3 is 9.84 Å². The lowest BCUT2D eigenvalue weighted by molar-refractivity contribution is -0.147. The van der Waals surface area contributed by atoms with Crippen molar-refractivity contribution in [1.82, 2.24) is 10.2 Å². The monoisotopic (exact) mass is 309 g/mol. The number of H-pyrrole nitrogens is 1. The molecule has 0 aromatic carbocycles. The van der Waals surface area contributed by atoms with Crippen molar-refractivity contribution in [3.8, 4) is 0 Å². The maximum Gasteiger partial charge on any atom is 0.422 e. The van der Waals surface area contributed by atoms with Gasteiger partial charge in [0.25, 0.3) is 5.56 Å². The zero-order valence-corrected chi connectivity index (χ0v) is 11.0. The number of nitrogens with two attached hydrogens (primary N) is 1. The minimum absolute atomic E-state index is 0.110. The Morgan fingerprint density at radius 1 is 1.52 bits per heavy atom. The van der Waals surface area contributed by atoms with E-state index in [1.165, 1.54) is 6.92 Å². The fraction of sp³-hybridized carbons (Fsp3) is 0.545. The number of alkyl halides is 3. The van der Waals surface area contributed by atoms with Gasteiger partial charge in [-0.25, -0.2) is 5.10 Å². The fourth-order valence-corrected chi connectivity index (χ4v) is 1.69. The highest BCUT2D eigenvalue weighted by Gasteiger charge is 2.43. The Kier molecular flexibility index (Phi) is 5.07. The average Bonchev–Trinajstić information content (AvgIpc) is 2.36. The van der Waals surface area contributed by atoms with E-state index >= 15 is 0 Å². The van der Waals surface area contributed by atoms with Crippen molar-refractivity contribution >= 4 is 5.97 Å². The molecule has 10 heteroatoms. The number of carboxylic acids is 1. The predicted octanol–water partition coefficient (Wildman–Crippen LogP) is 0.801. The molecule has 0 aliphatic carbocycles. The molecule has 7 nitrogen and oxygen atoms in total. The molecule has 0 saturated carbocycles. The molecule has 0 amide bonds. The number of aromatic amines is 1. The minimum Gasteiger partial charge on any atom is -0.481 e. The first-order valence-corrected chi connectivity index (χ1v) is 5.91. The van der Waals surface area contributed by atoms with Gasteiger partial charge in [0.05, 0.1) is 19.2 Å². The Morgan fingerprint density at radius 3 is 2.62 bits per heavy atom. The molecule has 1 unspecified atom stereocenters. The summed E-state index contributed by atoms with van der Waals surface area (Å²) in [7, 11) is 0. The molecular weight excluding hydrogens is 295 g/mol. The molecule has 21 heavy (non-hydrogen) atoms. The van der Waals surface area contributed by atoms with Gasteiger partial charge in [-0.1, -0.05) is 6.92 Å². The lowest BCUT2D eigenvalue weighted by atomic mass is 9.98. The molecule has 0 radical (unpaired) electrons. The quantitative estimate of drug-likeness (QED) is 0.669. The van der Waals surface area contributed by atoms with Crippen LogP contribution in [0.2, 0.25) is 0 Å². The largest absolute Gasteiger partial charge is 0.481 e. The van der Waals surface area contributed by atoms with Gasteiger partial charge in [0, 0.05) is 5.56 Å². The molecule has 0 fully saturated rings. The van der Waals surface area contributed by atoms with E-state index in [0.717, 1.165) is 6.20 Å². The van der Waals surface area contributed by atoms with Crippen LogP contribution in [-0.2, 0) is 21.4 Å². The van der Waals surface area contributed by atoms with Crippen LogP contribution in [0.5, 0.6) is 0 Å². The Labute approximate surface area is 116 Å². The molecule has 1 rings (SSSR count). The average molecular weight is 309 g/mol. The predicted molar refractivity (Wildman–Crippen MR) is 64.2 cm³/mol. The third-order valence-electron chi connectivity index (χ3n) is 2.80. The van der Waals surface area contributed by atoms with Crippen molar-refractivity contribution in [2.45, 2.75) is 31.7 Å². The standard InChI is InChI=1S/C11H14F3N3O4/c1-2-10(15,21-4-3-7(18)19)6-5-16-17-9(20)8(6)11(12,13)14/h5H,2-4,15H2,1H3,(H,17,20)(H,18,19). The van der Waals surface area contributed by atoms with Crippen LogP contribution in [0.1, 0.15) is 30.9 Å². The number of aliphatic carboxylic acids is 1. The molecule has 1 aromatic heterocycles. The highest BCUT2D eigenvalue weighted by Crippen LogP contribution is 2.34. The van der Waals surface area contributed by atoms with Crippen molar-refractivity contribution in [1.29, 1.82) is 0 Å². The summed E-state index contributed by atoms with van der Waals surface area (Å²) in [6.07, 6.45) is -4.73. The summed E-state index contributed by atoms with van der Waals surface area (Å²) in [4.78, 5) is 21.8. The van der Waals surface area contributed by atoms with Crippen molar-refractivity contribution in [3.05, 3.63) is 27.7 Å². The first kappa shape index (κ1) is 17.1. The Morgan fingerprint density at radius 2 is 2.14 bits per heavy atom. The number of carbonyl (C=O) groups is 1. The molecular formula is C11H14F3N3O4. The van der Waals surface area contributed by atoms with E-state index in [0.29, 0.717) is 0 Å². The van der Waals surface area contributed by atoms with E-state index in [1.807, 2.05) is 0 Å². The number of aromatic nitrogens is 2. The highest BCUT2D eigenvalue weighted by atomic mass is 19.4. The van der Waals surface area contributed by atoms with Crippen molar-refractivity contribution in [2.24, 2.45) is 5.73 Å². The van der Waals surface area contributed by atoms with Gasteiger partial charge >= 0.3 is 12.1 Å². The van der Waals surface area contributed by atoms with E-state index in [-0.39, 0.29) is 6.42 Å². The Balaban J connectivity index is 3.25. The summed E-state index contributed by atoms with van der Waals surface area (Å²) < 4.78 is 44.0. The van der Waals surface area contributed by atoms with E-state index in [4.69, 9.17) is 15.6 Å². The van der Waals surface area contributed by atoms with E-state index in [2.05, 4.69) is 5.10 Å². The molecule has 0 spiro atoms. The van der Waals surface area contributed by atoms with Crippen LogP contribution in [0.3, 0.4) is 0 Å². The second kappa shape index (κ2) is 6.22. The summed E-state index contributed by atoms with van der Waals surface area (Å²) in [6, 6.07) is 0. The molecule has 0 bridgehead atoms.